The van der Waals surface area contributed by atoms with E-state index in [1.54, 1.807) is 12.0 Å². The van der Waals surface area contributed by atoms with Crippen LogP contribution in [0.3, 0.4) is 0 Å². The first-order valence-corrected chi connectivity index (χ1v) is 14.0. The molecule has 2 saturated heterocycles. The molecule has 4 aliphatic rings. The number of ether oxygens (including phenoxy) is 1. The molecule has 0 aliphatic carbocycles. The summed E-state index contributed by atoms with van der Waals surface area (Å²) in [6.45, 7) is 5.74. The molecule has 7 nitrogen and oxygen atoms in total. The van der Waals surface area contributed by atoms with Gasteiger partial charge in [-0.3, -0.25) is 9.59 Å². The second-order valence-electron chi connectivity index (χ2n) is 12.3. The Morgan fingerprint density at radius 2 is 1.84 bits per heavy atom. The summed E-state index contributed by atoms with van der Waals surface area (Å²) in [6, 6.07) is 14.3. The zero-order valence-electron chi connectivity index (χ0n) is 22.7. The van der Waals surface area contributed by atoms with Crippen LogP contribution < -0.4 is 5.32 Å². The number of carbonyl (C=O) groups excluding carboxylic acids is 2. The summed E-state index contributed by atoms with van der Waals surface area (Å²) in [4.78, 5) is 31.1. The molecule has 0 spiro atoms. The van der Waals surface area contributed by atoms with E-state index in [9.17, 15) is 14.7 Å². The van der Waals surface area contributed by atoms with Crippen molar-refractivity contribution in [3.63, 3.8) is 0 Å². The van der Waals surface area contributed by atoms with Crippen LogP contribution in [0.2, 0.25) is 0 Å². The van der Waals surface area contributed by atoms with Crippen LogP contribution in [0, 0.1) is 0 Å². The maximum atomic E-state index is 13.7. The number of piperidine rings is 1. The quantitative estimate of drug-likeness (QED) is 0.636. The number of rotatable bonds is 5. The lowest BCUT2D eigenvalue weighted by atomic mass is 9.77. The predicted octanol–water partition coefficient (Wildman–Crippen LogP) is 3.28. The summed E-state index contributed by atoms with van der Waals surface area (Å²) in [5.41, 5.74) is 4.39. The highest BCUT2D eigenvalue weighted by molar-refractivity contribution is 6.00. The number of aliphatic hydroxyl groups is 1. The Bertz CT molecular complexity index is 1230. The number of hydrogen-bond donors (Lipinski definition) is 2. The summed E-state index contributed by atoms with van der Waals surface area (Å²) in [7, 11) is 1.76. The van der Waals surface area contributed by atoms with Crippen LogP contribution >= 0.6 is 0 Å². The molecule has 2 bridgehead atoms. The molecule has 0 aromatic heterocycles. The maximum absolute atomic E-state index is 13.7. The second kappa shape index (κ2) is 9.78. The lowest BCUT2D eigenvalue weighted by Crippen LogP contribution is -2.54. The van der Waals surface area contributed by atoms with E-state index in [2.05, 4.69) is 36.2 Å². The molecule has 2 amide bonds. The number of nitrogens with zero attached hydrogens (tertiary/aromatic N) is 2. The van der Waals surface area contributed by atoms with E-state index in [1.165, 1.54) is 11.1 Å². The van der Waals surface area contributed by atoms with Crippen molar-refractivity contribution in [1.82, 2.24) is 15.1 Å². The number of methoxy groups -OCH3 is 1. The molecule has 6 rings (SSSR count). The van der Waals surface area contributed by atoms with Crippen molar-refractivity contribution in [3.8, 4) is 0 Å². The number of amides is 2. The lowest BCUT2D eigenvalue weighted by Gasteiger charge is -2.42. The van der Waals surface area contributed by atoms with Gasteiger partial charge in [-0.25, -0.2) is 0 Å². The van der Waals surface area contributed by atoms with Crippen molar-refractivity contribution < 1.29 is 19.4 Å². The molecule has 2 N–H and O–H groups in total. The molecule has 202 valence electrons. The van der Waals surface area contributed by atoms with Crippen LogP contribution in [-0.4, -0.2) is 77.3 Å². The Hall–Kier alpha value is -2.74. The molecule has 4 aliphatic heterocycles. The van der Waals surface area contributed by atoms with Gasteiger partial charge in [-0.1, -0.05) is 38.1 Å². The number of aliphatic hydroxyl groups excluding tert-OH is 1. The third-order valence-electron chi connectivity index (χ3n) is 9.34. The Labute approximate surface area is 225 Å². The first kappa shape index (κ1) is 25.5. The third kappa shape index (κ3) is 4.44. The molecule has 2 aromatic rings. The molecule has 0 radical (unpaired) electrons. The van der Waals surface area contributed by atoms with Gasteiger partial charge in [0.2, 0.25) is 0 Å². The third-order valence-corrected chi connectivity index (χ3v) is 9.34. The smallest absolute Gasteiger partial charge is 0.254 e. The topological polar surface area (TPSA) is 82.1 Å². The molecule has 0 saturated carbocycles. The van der Waals surface area contributed by atoms with Gasteiger partial charge in [-0.15, -0.1) is 0 Å². The van der Waals surface area contributed by atoms with Crippen LogP contribution in [0.5, 0.6) is 0 Å². The van der Waals surface area contributed by atoms with Crippen molar-refractivity contribution >= 4 is 11.8 Å². The van der Waals surface area contributed by atoms with Gasteiger partial charge in [-0.05, 0) is 67.0 Å². The fourth-order valence-corrected chi connectivity index (χ4v) is 7.28. The first-order chi connectivity index (χ1) is 18.2. The molecular weight excluding hydrogens is 478 g/mol. The van der Waals surface area contributed by atoms with E-state index in [0.717, 1.165) is 44.2 Å². The molecule has 0 unspecified atom stereocenters. The standard InChI is InChI=1S/C31H39N3O4/c1-31(2)18-33(17-28(35)27-13-19-6-4-5-7-21(19)16-32-27)30(37)25-11-8-20(12-26(25)31)29(36)34-22-9-10-23(34)15-24(14-22)38-3/h4-8,11-12,22-24,27-28,32,35H,9-10,13-18H2,1-3H3/t22-,23+,24+,27-,28+/m0/s1. The number of β-amino-alcohol motifs (C(OH)–C–C–N with tert-alkyl or cyclic N) is 1. The highest BCUT2D eigenvalue weighted by atomic mass is 16.5. The fraction of sp³-hybridized carbons (Fsp3) is 0.548. The Morgan fingerprint density at radius 3 is 2.55 bits per heavy atom. The number of carbonyl (C=O) groups is 2. The monoisotopic (exact) mass is 517 g/mol. The van der Waals surface area contributed by atoms with Crippen molar-refractivity contribution in [2.75, 3.05) is 20.2 Å². The Balaban J connectivity index is 1.18. The average Bonchev–Trinajstić information content (AvgIpc) is 3.19. The number of nitrogens with one attached hydrogen (secondary N) is 1. The second-order valence-corrected chi connectivity index (χ2v) is 12.3. The highest BCUT2D eigenvalue weighted by Crippen LogP contribution is 2.39. The zero-order valence-corrected chi connectivity index (χ0v) is 22.7. The van der Waals surface area contributed by atoms with Crippen LogP contribution in [-0.2, 0) is 23.1 Å². The number of fused-ring (bicyclic) bond motifs is 4. The molecule has 7 heteroatoms. The van der Waals surface area contributed by atoms with Gasteiger partial charge in [0.25, 0.3) is 11.8 Å². The van der Waals surface area contributed by atoms with Crippen molar-refractivity contribution in [3.05, 3.63) is 70.3 Å². The van der Waals surface area contributed by atoms with Crippen LogP contribution in [0.15, 0.2) is 42.5 Å². The van der Waals surface area contributed by atoms with Gasteiger partial charge in [-0.2, -0.15) is 0 Å². The van der Waals surface area contributed by atoms with Gasteiger partial charge in [0.15, 0.2) is 0 Å². The van der Waals surface area contributed by atoms with Gasteiger partial charge in [0.1, 0.15) is 0 Å². The zero-order chi connectivity index (χ0) is 26.6. The van der Waals surface area contributed by atoms with Crippen molar-refractivity contribution in [2.45, 2.75) is 88.2 Å². The maximum Gasteiger partial charge on any atom is 0.254 e. The summed E-state index contributed by atoms with van der Waals surface area (Å²) in [5.74, 6) is -0.00540. The summed E-state index contributed by atoms with van der Waals surface area (Å²) >= 11 is 0. The SMILES string of the molecule is CO[C@H]1C[C@H]2CC[C@@H](C1)N2C(=O)c1ccc2c(c1)C(C)(C)CN(C[C@@H](O)[C@@H]1Cc3ccccc3CN1)C2=O. The van der Waals surface area contributed by atoms with Gasteiger partial charge in [0.05, 0.1) is 12.2 Å². The molecule has 5 atom stereocenters. The normalized spacial score (nSPS) is 28.6. The summed E-state index contributed by atoms with van der Waals surface area (Å²) in [5, 5.41) is 14.6. The first-order valence-electron chi connectivity index (χ1n) is 14.0. The molecule has 4 heterocycles. The summed E-state index contributed by atoms with van der Waals surface area (Å²) < 4.78 is 5.61. The minimum Gasteiger partial charge on any atom is -0.390 e. The minimum atomic E-state index is -0.670. The van der Waals surface area contributed by atoms with E-state index < -0.39 is 6.10 Å². The van der Waals surface area contributed by atoms with E-state index in [4.69, 9.17) is 4.74 Å². The number of benzene rings is 2. The van der Waals surface area contributed by atoms with Gasteiger partial charge >= 0.3 is 0 Å². The highest BCUT2D eigenvalue weighted by Gasteiger charge is 2.44. The molecule has 38 heavy (non-hydrogen) atoms. The lowest BCUT2D eigenvalue weighted by molar-refractivity contribution is 0.00819. The van der Waals surface area contributed by atoms with E-state index >= 15 is 0 Å². The summed E-state index contributed by atoms with van der Waals surface area (Å²) in [6.07, 6.45) is 4.16. The molecule has 2 fully saturated rings. The van der Waals surface area contributed by atoms with Crippen molar-refractivity contribution in [2.24, 2.45) is 0 Å². The molecular formula is C31H39N3O4. The largest absolute Gasteiger partial charge is 0.390 e. The van der Waals surface area contributed by atoms with E-state index in [1.807, 2.05) is 30.3 Å². The number of hydrogen-bond acceptors (Lipinski definition) is 5. The minimum absolute atomic E-state index is 0.0691. The van der Waals surface area contributed by atoms with Gasteiger partial charge in [0, 0.05) is 61.4 Å². The van der Waals surface area contributed by atoms with E-state index in [-0.39, 0.29) is 48.0 Å². The van der Waals surface area contributed by atoms with Crippen LogP contribution in [0.25, 0.3) is 0 Å². The predicted molar refractivity (Wildman–Crippen MR) is 145 cm³/mol. The van der Waals surface area contributed by atoms with Crippen LogP contribution in [0.4, 0.5) is 0 Å². The van der Waals surface area contributed by atoms with Crippen molar-refractivity contribution in [1.29, 1.82) is 0 Å². The van der Waals surface area contributed by atoms with Gasteiger partial charge < -0.3 is 25.0 Å². The Kier molecular flexibility index (Phi) is 6.57. The Morgan fingerprint density at radius 1 is 1.13 bits per heavy atom. The molecule has 2 aromatic carbocycles. The average molecular weight is 518 g/mol. The van der Waals surface area contributed by atoms with Crippen LogP contribution in [0.1, 0.15) is 76.9 Å². The van der Waals surface area contributed by atoms with E-state index in [0.29, 0.717) is 17.7 Å². The fourth-order valence-electron chi connectivity index (χ4n) is 7.28.